The molecule has 0 bridgehead atoms. The van der Waals surface area contributed by atoms with Crippen LogP contribution in [0.5, 0.6) is 0 Å². The van der Waals surface area contributed by atoms with Crippen molar-refractivity contribution in [2.45, 2.75) is 43.7 Å². The molecule has 2 heterocycles. The number of nitriles is 1. The Kier molecular flexibility index (Phi) is 3.34. The number of hydrogen-bond acceptors (Lipinski definition) is 4. The molecule has 6 nitrogen and oxygen atoms in total. The van der Waals surface area contributed by atoms with E-state index in [0.717, 1.165) is 19.3 Å². The fourth-order valence-corrected chi connectivity index (χ4v) is 3.13. The van der Waals surface area contributed by atoms with Gasteiger partial charge in [-0.3, -0.25) is 14.6 Å². The van der Waals surface area contributed by atoms with Crippen LogP contribution in [0.3, 0.4) is 0 Å². The molecule has 1 aliphatic carbocycles. The van der Waals surface area contributed by atoms with Crippen molar-refractivity contribution in [2.24, 2.45) is 0 Å². The van der Waals surface area contributed by atoms with Gasteiger partial charge in [0, 0.05) is 18.8 Å². The van der Waals surface area contributed by atoms with Gasteiger partial charge in [0.2, 0.25) is 5.91 Å². The molecule has 1 spiro atoms. The molecule has 6 heteroatoms. The van der Waals surface area contributed by atoms with Gasteiger partial charge in [-0.2, -0.15) is 5.26 Å². The number of hydrogen-bond donors (Lipinski definition) is 2. The SMILES string of the molecule is N#Cc1ccncc1C(=O)NC1CCC(=O)NC12CCC2. The lowest BCUT2D eigenvalue weighted by Gasteiger charge is -2.50. The lowest BCUT2D eigenvalue weighted by Crippen LogP contribution is -2.68. The lowest BCUT2D eigenvalue weighted by atomic mass is 9.68. The number of carbonyl (C=O) groups excluding carboxylic acids is 2. The lowest BCUT2D eigenvalue weighted by molar-refractivity contribution is -0.127. The molecular formula is C15H16N4O2. The summed E-state index contributed by atoms with van der Waals surface area (Å²) in [6, 6.07) is 3.44. The predicted octanol–water partition coefficient (Wildman–Crippen LogP) is 0.884. The second-order valence-electron chi connectivity index (χ2n) is 5.66. The maximum atomic E-state index is 12.4. The number of nitrogens with one attached hydrogen (secondary N) is 2. The number of rotatable bonds is 2. The number of piperidine rings is 1. The van der Waals surface area contributed by atoms with Gasteiger partial charge < -0.3 is 10.6 Å². The predicted molar refractivity (Wildman–Crippen MR) is 74.2 cm³/mol. The third-order valence-corrected chi connectivity index (χ3v) is 4.45. The maximum Gasteiger partial charge on any atom is 0.254 e. The van der Waals surface area contributed by atoms with Crippen molar-refractivity contribution in [3.63, 3.8) is 0 Å². The highest BCUT2D eigenvalue weighted by molar-refractivity contribution is 5.96. The second-order valence-corrected chi connectivity index (χ2v) is 5.66. The fourth-order valence-electron chi connectivity index (χ4n) is 3.13. The molecule has 2 amide bonds. The number of carbonyl (C=O) groups is 2. The Labute approximate surface area is 122 Å². The van der Waals surface area contributed by atoms with Crippen LogP contribution in [0, 0.1) is 11.3 Å². The summed E-state index contributed by atoms with van der Waals surface area (Å²) in [4.78, 5) is 27.9. The molecule has 2 fully saturated rings. The minimum Gasteiger partial charge on any atom is -0.349 e. The summed E-state index contributed by atoms with van der Waals surface area (Å²) in [6.45, 7) is 0. The van der Waals surface area contributed by atoms with Gasteiger partial charge in [-0.1, -0.05) is 0 Å². The van der Waals surface area contributed by atoms with Crippen LogP contribution in [0.1, 0.15) is 48.0 Å². The quantitative estimate of drug-likeness (QED) is 0.843. The Morgan fingerprint density at radius 2 is 2.33 bits per heavy atom. The van der Waals surface area contributed by atoms with Gasteiger partial charge in [-0.05, 0) is 31.7 Å². The smallest absolute Gasteiger partial charge is 0.254 e. The molecule has 2 N–H and O–H groups in total. The molecule has 21 heavy (non-hydrogen) atoms. The first-order valence-electron chi connectivity index (χ1n) is 7.11. The molecule has 2 aliphatic rings. The van der Waals surface area contributed by atoms with Crippen molar-refractivity contribution in [1.29, 1.82) is 5.26 Å². The maximum absolute atomic E-state index is 12.4. The van der Waals surface area contributed by atoms with E-state index in [4.69, 9.17) is 5.26 Å². The van der Waals surface area contributed by atoms with Crippen molar-refractivity contribution >= 4 is 11.8 Å². The average Bonchev–Trinajstić information content (AvgIpc) is 2.47. The van der Waals surface area contributed by atoms with Crippen molar-refractivity contribution in [1.82, 2.24) is 15.6 Å². The molecule has 3 rings (SSSR count). The van der Waals surface area contributed by atoms with E-state index in [2.05, 4.69) is 15.6 Å². The third kappa shape index (κ3) is 2.35. The Morgan fingerprint density at radius 3 is 3.00 bits per heavy atom. The highest BCUT2D eigenvalue weighted by Crippen LogP contribution is 2.38. The average molecular weight is 284 g/mol. The zero-order chi connectivity index (χ0) is 14.9. The van der Waals surface area contributed by atoms with Gasteiger partial charge in [-0.15, -0.1) is 0 Å². The van der Waals surface area contributed by atoms with Crippen LogP contribution >= 0.6 is 0 Å². The second kappa shape index (κ2) is 5.17. The molecule has 0 aromatic carbocycles. The molecule has 108 valence electrons. The first-order chi connectivity index (χ1) is 10.1. The van der Waals surface area contributed by atoms with Gasteiger partial charge in [0.05, 0.1) is 22.7 Å². The molecule has 1 aromatic rings. The van der Waals surface area contributed by atoms with Gasteiger partial charge in [0.25, 0.3) is 5.91 Å². The Balaban J connectivity index is 1.78. The van der Waals surface area contributed by atoms with Crippen LogP contribution in [0.15, 0.2) is 18.5 Å². The molecule has 1 unspecified atom stereocenters. The molecule has 1 aliphatic heterocycles. The first kappa shape index (κ1) is 13.6. The molecular weight excluding hydrogens is 268 g/mol. The minimum atomic E-state index is -0.299. The van der Waals surface area contributed by atoms with Crippen molar-refractivity contribution < 1.29 is 9.59 Å². The monoisotopic (exact) mass is 284 g/mol. The number of pyridine rings is 1. The largest absolute Gasteiger partial charge is 0.349 e. The fraction of sp³-hybridized carbons (Fsp3) is 0.467. The van der Waals surface area contributed by atoms with Gasteiger partial charge in [0.15, 0.2) is 0 Å². The minimum absolute atomic E-state index is 0.0549. The van der Waals surface area contributed by atoms with Gasteiger partial charge in [-0.25, -0.2) is 0 Å². The van der Waals surface area contributed by atoms with Crippen molar-refractivity contribution in [3.05, 3.63) is 29.6 Å². The van der Waals surface area contributed by atoms with Crippen LogP contribution in [-0.2, 0) is 4.79 Å². The van der Waals surface area contributed by atoms with E-state index < -0.39 is 0 Å². The van der Waals surface area contributed by atoms with E-state index in [1.807, 2.05) is 6.07 Å². The third-order valence-electron chi connectivity index (χ3n) is 4.45. The number of aromatic nitrogens is 1. The molecule has 1 saturated carbocycles. The summed E-state index contributed by atoms with van der Waals surface area (Å²) >= 11 is 0. The number of amides is 2. The molecule has 1 saturated heterocycles. The van der Waals surface area contributed by atoms with Crippen LogP contribution in [0.2, 0.25) is 0 Å². The topological polar surface area (TPSA) is 94.9 Å². The Bertz CT molecular complexity index is 631. The van der Waals surface area contributed by atoms with Crippen LogP contribution in [0.4, 0.5) is 0 Å². The van der Waals surface area contributed by atoms with E-state index >= 15 is 0 Å². The summed E-state index contributed by atoms with van der Waals surface area (Å²) < 4.78 is 0. The highest BCUT2D eigenvalue weighted by Gasteiger charge is 2.48. The van der Waals surface area contributed by atoms with Crippen LogP contribution in [-0.4, -0.2) is 28.4 Å². The van der Waals surface area contributed by atoms with Crippen LogP contribution in [0.25, 0.3) is 0 Å². The summed E-state index contributed by atoms with van der Waals surface area (Å²) in [7, 11) is 0. The molecule has 1 aromatic heterocycles. The standard InChI is InChI=1S/C15H16N4O2/c16-8-10-4-7-17-9-11(10)14(21)18-12-2-3-13(20)19-15(12)5-1-6-15/h4,7,9,12H,1-3,5-6H2,(H,18,21)(H,19,20). The summed E-state index contributed by atoms with van der Waals surface area (Å²) in [5.74, 6) is -0.244. The normalized spacial score (nSPS) is 22.8. The molecule has 0 radical (unpaired) electrons. The van der Waals surface area contributed by atoms with Gasteiger partial charge in [0.1, 0.15) is 6.07 Å². The van der Waals surface area contributed by atoms with E-state index in [-0.39, 0.29) is 29.0 Å². The summed E-state index contributed by atoms with van der Waals surface area (Å²) in [5.41, 5.74) is 0.302. The summed E-state index contributed by atoms with van der Waals surface area (Å²) in [6.07, 6.45) is 6.80. The van der Waals surface area contributed by atoms with E-state index in [0.29, 0.717) is 18.4 Å². The number of nitrogens with zero attached hydrogens (tertiary/aromatic N) is 2. The van der Waals surface area contributed by atoms with E-state index in [1.54, 1.807) is 0 Å². The summed E-state index contributed by atoms with van der Waals surface area (Å²) in [5, 5.41) is 15.1. The highest BCUT2D eigenvalue weighted by atomic mass is 16.2. The zero-order valence-corrected chi connectivity index (χ0v) is 11.6. The Morgan fingerprint density at radius 1 is 1.52 bits per heavy atom. The molecule has 1 atom stereocenters. The van der Waals surface area contributed by atoms with Crippen molar-refractivity contribution in [2.75, 3.05) is 0 Å². The van der Waals surface area contributed by atoms with Crippen molar-refractivity contribution in [3.8, 4) is 6.07 Å². The first-order valence-corrected chi connectivity index (χ1v) is 7.11. The zero-order valence-electron chi connectivity index (χ0n) is 11.6. The van der Waals surface area contributed by atoms with Crippen LogP contribution < -0.4 is 10.6 Å². The van der Waals surface area contributed by atoms with E-state index in [1.165, 1.54) is 18.5 Å². The van der Waals surface area contributed by atoms with Gasteiger partial charge >= 0.3 is 0 Å². The Hall–Kier alpha value is -2.42. The van der Waals surface area contributed by atoms with E-state index in [9.17, 15) is 9.59 Å².